The lowest BCUT2D eigenvalue weighted by atomic mass is 9.97. The number of halogens is 2. The quantitative estimate of drug-likeness (QED) is 0.745. The summed E-state index contributed by atoms with van der Waals surface area (Å²) in [5.74, 6) is 0.648. The first-order chi connectivity index (χ1) is 13.2. The Bertz CT molecular complexity index is 674. The molecule has 0 aliphatic carbocycles. The van der Waals surface area contributed by atoms with Crippen LogP contribution in [-0.4, -0.2) is 69.2 Å². The average Bonchev–Trinajstić information content (AvgIpc) is 2.70. The standard InChI is InChI=1S/C20H29N5O2.2ClH/c26-19-7-10-25(20(27)22-19)18-3-1-17(2-4-18)24-13-11-23(12-14-24)15-16-5-8-21-9-6-16;;/h1-4,16,21H,5-15H2,(H,22,26,27);2*1H. The lowest BCUT2D eigenvalue weighted by molar-refractivity contribution is -0.120. The number of amides is 3. The Morgan fingerprint density at radius 1 is 0.862 bits per heavy atom. The molecule has 3 aliphatic heterocycles. The molecule has 3 fully saturated rings. The Kier molecular flexibility index (Phi) is 9.02. The van der Waals surface area contributed by atoms with E-state index >= 15 is 0 Å². The van der Waals surface area contributed by atoms with Crippen molar-refractivity contribution >= 4 is 48.1 Å². The molecule has 1 aromatic carbocycles. The van der Waals surface area contributed by atoms with E-state index in [1.54, 1.807) is 4.90 Å². The highest BCUT2D eigenvalue weighted by atomic mass is 35.5. The predicted molar refractivity (Wildman–Crippen MR) is 121 cm³/mol. The number of nitrogens with one attached hydrogen (secondary N) is 2. The molecule has 7 nitrogen and oxygen atoms in total. The van der Waals surface area contributed by atoms with Gasteiger partial charge in [-0.2, -0.15) is 0 Å². The van der Waals surface area contributed by atoms with Crippen LogP contribution in [0.25, 0.3) is 0 Å². The maximum absolute atomic E-state index is 12.0. The summed E-state index contributed by atoms with van der Waals surface area (Å²) in [5, 5.41) is 5.81. The first kappa shape index (κ1) is 23.7. The number of imide groups is 1. The molecule has 162 valence electrons. The van der Waals surface area contributed by atoms with Crippen molar-refractivity contribution in [1.29, 1.82) is 0 Å². The SMILES string of the molecule is Cl.Cl.O=C1CCN(c2ccc(N3CCN(CC4CCNCC4)CC3)cc2)C(=O)N1. The number of anilines is 2. The van der Waals surface area contributed by atoms with Crippen molar-refractivity contribution in [3.63, 3.8) is 0 Å². The Hall–Kier alpha value is -1.54. The highest BCUT2D eigenvalue weighted by molar-refractivity contribution is 6.05. The molecule has 1 aromatic rings. The van der Waals surface area contributed by atoms with E-state index < -0.39 is 0 Å². The van der Waals surface area contributed by atoms with Crippen molar-refractivity contribution in [3.05, 3.63) is 24.3 Å². The van der Waals surface area contributed by atoms with Crippen LogP contribution in [0.5, 0.6) is 0 Å². The summed E-state index contributed by atoms with van der Waals surface area (Å²) >= 11 is 0. The van der Waals surface area contributed by atoms with Gasteiger partial charge in [-0.25, -0.2) is 4.79 Å². The summed E-state index contributed by atoms with van der Waals surface area (Å²) in [7, 11) is 0. The fourth-order valence-corrected chi connectivity index (χ4v) is 4.27. The van der Waals surface area contributed by atoms with Crippen LogP contribution in [0.1, 0.15) is 19.3 Å². The molecular formula is C20H31Cl2N5O2. The Labute approximate surface area is 185 Å². The maximum Gasteiger partial charge on any atom is 0.328 e. The Morgan fingerprint density at radius 2 is 1.48 bits per heavy atom. The van der Waals surface area contributed by atoms with E-state index in [0.717, 1.165) is 37.8 Å². The van der Waals surface area contributed by atoms with Crippen LogP contribution in [0.4, 0.5) is 16.2 Å². The molecule has 9 heteroatoms. The van der Waals surface area contributed by atoms with Gasteiger partial charge in [-0.1, -0.05) is 0 Å². The summed E-state index contributed by atoms with van der Waals surface area (Å²) in [5.41, 5.74) is 2.04. The topological polar surface area (TPSA) is 67.9 Å². The zero-order chi connectivity index (χ0) is 18.6. The van der Waals surface area contributed by atoms with E-state index in [1.165, 1.54) is 38.2 Å². The van der Waals surface area contributed by atoms with Crippen LogP contribution in [0.3, 0.4) is 0 Å². The van der Waals surface area contributed by atoms with Crippen LogP contribution < -0.4 is 20.4 Å². The van der Waals surface area contributed by atoms with Gasteiger partial charge in [-0.3, -0.25) is 19.9 Å². The van der Waals surface area contributed by atoms with Crippen LogP contribution in [-0.2, 0) is 4.79 Å². The van der Waals surface area contributed by atoms with Gasteiger partial charge in [-0.15, -0.1) is 24.8 Å². The molecule has 3 saturated heterocycles. The number of carbonyl (C=O) groups is 2. The van der Waals surface area contributed by atoms with Crippen LogP contribution >= 0.6 is 24.8 Å². The molecule has 0 saturated carbocycles. The van der Waals surface area contributed by atoms with Crippen LogP contribution in [0.15, 0.2) is 24.3 Å². The van der Waals surface area contributed by atoms with Gasteiger partial charge >= 0.3 is 6.03 Å². The zero-order valence-corrected chi connectivity index (χ0v) is 18.3. The molecule has 3 heterocycles. The highest BCUT2D eigenvalue weighted by Crippen LogP contribution is 2.24. The van der Waals surface area contributed by atoms with Gasteiger partial charge in [0.2, 0.25) is 5.91 Å². The summed E-state index contributed by atoms with van der Waals surface area (Å²) < 4.78 is 0. The molecule has 29 heavy (non-hydrogen) atoms. The van der Waals surface area contributed by atoms with Gasteiger partial charge < -0.3 is 10.2 Å². The van der Waals surface area contributed by atoms with Crippen molar-refractivity contribution in [2.24, 2.45) is 5.92 Å². The van der Waals surface area contributed by atoms with Gasteiger partial charge in [-0.05, 0) is 56.1 Å². The third-order valence-electron chi connectivity index (χ3n) is 5.93. The molecule has 2 N–H and O–H groups in total. The molecule has 0 atom stereocenters. The second-order valence-electron chi connectivity index (χ2n) is 7.75. The first-order valence-electron chi connectivity index (χ1n) is 10.1. The minimum Gasteiger partial charge on any atom is -0.369 e. The fourth-order valence-electron chi connectivity index (χ4n) is 4.27. The summed E-state index contributed by atoms with van der Waals surface area (Å²) in [6.07, 6.45) is 2.96. The number of hydrogen-bond donors (Lipinski definition) is 2. The van der Waals surface area contributed by atoms with Crippen molar-refractivity contribution in [2.45, 2.75) is 19.3 Å². The largest absolute Gasteiger partial charge is 0.369 e. The molecule has 0 unspecified atom stereocenters. The highest BCUT2D eigenvalue weighted by Gasteiger charge is 2.25. The smallest absolute Gasteiger partial charge is 0.328 e. The van der Waals surface area contributed by atoms with Crippen molar-refractivity contribution in [1.82, 2.24) is 15.5 Å². The second kappa shape index (κ2) is 11.0. The number of benzene rings is 1. The molecule has 4 rings (SSSR count). The summed E-state index contributed by atoms with van der Waals surface area (Å²) in [6.45, 7) is 8.33. The monoisotopic (exact) mass is 443 g/mol. The van der Waals surface area contributed by atoms with E-state index in [1.807, 2.05) is 12.1 Å². The van der Waals surface area contributed by atoms with E-state index in [9.17, 15) is 9.59 Å². The number of piperazine rings is 1. The van der Waals surface area contributed by atoms with E-state index in [2.05, 4.69) is 32.6 Å². The average molecular weight is 444 g/mol. The van der Waals surface area contributed by atoms with E-state index in [-0.39, 0.29) is 36.8 Å². The minimum absolute atomic E-state index is 0. The molecule has 0 spiro atoms. The van der Waals surface area contributed by atoms with Crippen molar-refractivity contribution in [3.8, 4) is 0 Å². The van der Waals surface area contributed by atoms with E-state index in [0.29, 0.717) is 13.0 Å². The third-order valence-corrected chi connectivity index (χ3v) is 5.93. The molecule has 0 bridgehead atoms. The van der Waals surface area contributed by atoms with Gasteiger partial charge in [0.1, 0.15) is 0 Å². The van der Waals surface area contributed by atoms with Gasteiger partial charge in [0.05, 0.1) is 0 Å². The Morgan fingerprint density at radius 3 is 2.10 bits per heavy atom. The predicted octanol–water partition coefficient (Wildman–Crippen LogP) is 2.10. The van der Waals surface area contributed by atoms with Gasteiger partial charge in [0.15, 0.2) is 0 Å². The van der Waals surface area contributed by atoms with Crippen LogP contribution in [0.2, 0.25) is 0 Å². The van der Waals surface area contributed by atoms with Crippen LogP contribution in [0, 0.1) is 5.92 Å². The Balaban J connectivity index is 0.00000150. The second-order valence-corrected chi connectivity index (χ2v) is 7.75. The molecular weight excluding hydrogens is 413 g/mol. The number of rotatable bonds is 4. The zero-order valence-electron chi connectivity index (χ0n) is 16.6. The normalized spacial score (nSPS) is 21.2. The molecule has 3 amide bonds. The maximum atomic E-state index is 12.0. The fraction of sp³-hybridized carbons (Fsp3) is 0.600. The minimum atomic E-state index is -0.328. The lowest BCUT2D eigenvalue weighted by Crippen LogP contribution is -2.49. The number of urea groups is 1. The first-order valence-corrected chi connectivity index (χ1v) is 10.1. The van der Waals surface area contributed by atoms with E-state index in [4.69, 9.17) is 0 Å². The van der Waals surface area contributed by atoms with Crippen molar-refractivity contribution < 1.29 is 9.59 Å². The lowest BCUT2D eigenvalue weighted by Gasteiger charge is -2.38. The van der Waals surface area contributed by atoms with Crippen molar-refractivity contribution in [2.75, 3.05) is 62.2 Å². The number of nitrogens with zero attached hydrogens (tertiary/aromatic N) is 3. The molecule has 3 aliphatic rings. The molecule has 0 radical (unpaired) electrons. The third kappa shape index (κ3) is 5.98. The summed E-state index contributed by atoms with van der Waals surface area (Å²) in [6, 6.07) is 7.80. The number of carbonyl (C=O) groups excluding carboxylic acids is 2. The summed E-state index contributed by atoms with van der Waals surface area (Å²) in [4.78, 5) is 29.9. The number of hydrogen-bond acceptors (Lipinski definition) is 5. The van der Waals surface area contributed by atoms with Gasteiger partial charge in [0.25, 0.3) is 0 Å². The molecule has 0 aromatic heterocycles. The van der Waals surface area contributed by atoms with Gasteiger partial charge in [0, 0.05) is 57.1 Å². The number of piperidine rings is 1.